The average molecular weight is 596 g/mol. The molecule has 4 N–H and O–H groups in total. The molecule has 0 amide bonds. The van der Waals surface area contributed by atoms with Crippen LogP contribution in [0.15, 0.2) is 69.2 Å². The van der Waals surface area contributed by atoms with Crippen LogP contribution in [0, 0.1) is 18.7 Å². The predicted octanol–water partition coefficient (Wildman–Crippen LogP) is 2.63. The van der Waals surface area contributed by atoms with Gasteiger partial charge in [0.05, 0.1) is 12.2 Å². The molecular weight excluding hydrogens is 565 g/mol. The van der Waals surface area contributed by atoms with Gasteiger partial charge in [-0.25, -0.2) is 14.2 Å². The third kappa shape index (κ3) is 6.34. The zero-order valence-corrected chi connectivity index (χ0v) is 23.8. The number of halogens is 1. The van der Waals surface area contributed by atoms with Gasteiger partial charge in [-0.2, -0.15) is 13.5 Å². The topological polar surface area (TPSA) is 171 Å². The van der Waals surface area contributed by atoms with Crippen LogP contribution in [-0.2, 0) is 36.7 Å². The van der Waals surface area contributed by atoms with Gasteiger partial charge in [-0.05, 0) is 49.4 Å². The van der Waals surface area contributed by atoms with Crippen LogP contribution in [0.2, 0.25) is 0 Å². The molecule has 0 spiro atoms. The fourth-order valence-corrected chi connectivity index (χ4v) is 5.32. The first-order chi connectivity index (χ1) is 19.9. The summed E-state index contributed by atoms with van der Waals surface area (Å²) in [6.07, 6.45) is 3.82. The Labute approximate surface area is 240 Å². The third-order valence-corrected chi connectivity index (χ3v) is 7.89. The molecule has 3 aromatic heterocycles. The SMILES string of the molecule is Cc1nn(C)cc1S(=O)(=O)O.Nc1ccc(Cc2nc3c([nH]2)c(=O)n(Cc2ccccc2F)c(=O)n3CC2CC2)cc1. The highest BCUT2D eigenvalue weighted by atomic mass is 32.2. The number of hydrogen-bond donors (Lipinski definition) is 3. The Bertz CT molecular complexity index is 1990. The number of aryl methyl sites for hydroxylation is 2. The Morgan fingerprint density at radius 3 is 2.36 bits per heavy atom. The summed E-state index contributed by atoms with van der Waals surface area (Å²) in [6, 6.07) is 13.6. The first-order valence-electron chi connectivity index (χ1n) is 13.2. The first kappa shape index (κ1) is 29.0. The Morgan fingerprint density at radius 2 is 1.79 bits per heavy atom. The van der Waals surface area contributed by atoms with Crippen LogP contribution in [0.5, 0.6) is 0 Å². The number of nitrogens with one attached hydrogen (secondary N) is 1. The van der Waals surface area contributed by atoms with E-state index in [1.165, 1.54) is 23.9 Å². The van der Waals surface area contributed by atoms with E-state index >= 15 is 0 Å². The molecule has 0 unspecified atom stereocenters. The van der Waals surface area contributed by atoms with Gasteiger partial charge in [-0.15, -0.1) is 0 Å². The highest BCUT2D eigenvalue weighted by molar-refractivity contribution is 7.85. The van der Waals surface area contributed by atoms with E-state index in [4.69, 9.17) is 10.3 Å². The van der Waals surface area contributed by atoms with Crippen molar-refractivity contribution in [2.24, 2.45) is 13.0 Å². The van der Waals surface area contributed by atoms with E-state index < -0.39 is 27.2 Å². The molecule has 6 rings (SSSR count). The van der Waals surface area contributed by atoms with Gasteiger partial charge >= 0.3 is 5.69 Å². The summed E-state index contributed by atoms with van der Waals surface area (Å²) >= 11 is 0. The highest BCUT2D eigenvalue weighted by Crippen LogP contribution is 2.30. The second kappa shape index (κ2) is 11.4. The standard InChI is InChI=1S/C23H22FN5O2.C5H8N2O3S/c24-18-4-2-1-3-16(18)13-29-22(30)20-21(28(23(29)31)12-15-5-6-15)27-19(26-20)11-14-7-9-17(25)10-8-14;1-4-5(11(8,9)10)3-7(2)6-4/h1-4,7-10,15H,5-6,11-13,25H2,(H,26,27);3H,1-2H3,(H,8,9,10). The second-order valence-corrected chi connectivity index (χ2v) is 11.7. The van der Waals surface area contributed by atoms with Gasteiger partial charge in [-0.1, -0.05) is 30.3 Å². The summed E-state index contributed by atoms with van der Waals surface area (Å²) in [5.41, 5.74) is 7.66. The van der Waals surface area contributed by atoms with Gasteiger partial charge in [-0.3, -0.25) is 23.2 Å². The number of nitrogen functional groups attached to an aromatic ring is 1. The van der Waals surface area contributed by atoms with Crippen molar-refractivity contribution in [1.82, 2.24) is 28.9 Å². The average Bonchev–Trinajstić information content (AvgIpc) is 3.55. The number of imidazole rings is 1. The molecule has 1 aliphatic rings. The number of nitrogens with two attached hydrogens (primary N) is 1. The maximum Gasteiger partial charge on any atom is 0.333 e. The Morgan fingerprint density at radius 1 is 1.10 bits per heavy atom. The van der Waals surface area contributed by atoms with Crippen LogP contribution in [-0.4, -0.2) is 41.9 Å². The summed E-state index contributed by atoms with van der Waals surface area (Å²) in [6.45, 7) is 1.89. The normalized spacial score (nSPS) is 13.2. The summed E-state index contributed by atoms with van der Waals surface area (Å²) in [7, 11) is -2.51. The van der Waals surface area contributed by atoms with Crippen molar-refractivity contribution in [1.29, 1.82) is 0 Å². The Kier molecular flexibility index (Phi) is 7.84. The van der Waals surface area contributed by atoms with Crippen molar-refractivity contribution in [2.75, 3.05) is 5.73 Å². The van der Waals surface area contributed by atoms with Crippen LogP contribution >= 0.6 is 0 Å². The molecule has 0 radical (unpaired) electrons. The van der Waals surface area contributed by atoms with Crippen molar-refractivity contribution in [3.63, 3.8) is 0 Å². The minimum absolute atomic E-state index is 0.128. The van der Waals surface area contributed by atoms with Crippen LogP contribution < -0.4 is 17.0 Å². The molecule has 1 fully saturated rings. The lowest BCUT2D eigenvalue weighted by Gasteiger charge is -2.11. The number of nitrogens with zero attached hydrogens (tertiary/aromatic N) is 5. The molecule has 0 saturated heterocycles. The molecule has 14 heteroatoms. The number of fused-ring (bicyclic) bond motifs is 1. The largest absolute Gasteiger partial charge is 0.399 e. The van der Waals surface area contributed by atoms with Crippen molar-refractivity contribution < 1.29 is 17.4 Å². The van der Waals surface area contributed by atoms with Crippen LogP contribution in [0.25, 0.3) is 11.2 Å². The second-order valence-electron chi connectivity index (χ2n) is 10.3. The first-order valence-corrected chi connectivity index (χ1v) is 14.6. The van der Waals surface area contributed by atoms with Crippen molar-refractivity contribution in [2.45, 2.75) is 44.2 Å². The lowest BCUT2D eigenvalue weighted by atomic mass is 10.1. The van der Waals surface area contributed by atoms with Gasteiger partial charge in [0.25, 0.3) is 15.7 Å². The van der Waals surface area contributed by atoms with E-state index in [1.54, 1.807) is 29.8 Å². The lowest BCUT2D eigenvalue weighted by Crippen LogP contribution is -2.40. The zero-order chi connectivity index (χ0) is 30.2. The summed E-state index contributed by atoms with van der Waals surface area (Å²) in [4.78, 5) is 33.9. The van der Waals surface area contributed by atoms with Crippen molar-refractivity contribution >= 4 is 27.0 Å². The lowest BCUT2D eigenvalue weighted by molar-refractivity contribution is 0.482. The summed E-state index contributed by atoms with van der Waals surface area (Å²) < 4.78 is 47.9. The molecule has 5 aromatic rings. The monoisotopic (exact) mass is 595 g/mol. The van der Waals surface area contributed by atoms with Crippen molar-refractivity contribution in [3.8, 4) is 0 Å². The number of rotatable bonds is 7. The maximum absolute atomic E-state index is 14.2. The molecule has 3 heterocycles. The molecule has 1 aliphatic carbocycles. The molecule has 220 valence electrons. The van der Waals surface area contributed by atoms with Gasteiger partial charge < -0.3 is 10.7 Å². The third-order valence-electron chi connectivity index (χ3n) is 6.93. The van der Waals surface area contributed by atoms with E-state index in [9.17, 15) is 22.4 Å². The Balaban J connectivity index is 0.000000271. The van der Waals surface area contributed by atoms with Gasteiger partial charge in [0, 0.05) is 37.5 Å². The molecule has 0 aliphatic heterocycles. The minimum Gasteiger partial charge on any atom is -0.399 e. The van der Waals surface area contributed by atoms with Gasteiger partial charge in [0.15, 0.2) is 5.65 Å². The van der Waals surface area contributed by atoms with E-state index in [2.05, 4.69) is 15.1 Å². The van der Waals surface area contributed by atoms with E-state index in [-0.39, 0.29) is 17.0 Å². The number of aromatic nitrogens is 6. The maximum atomic E-state index is 14.2. The molecular formula is C28H30FN7O5S. The summed E-state index contributed by atoms with van der Waals surface area (Å²) in [5.74, 6) is 0.540. The molecule has 0 atom stereocenters. The van der Waals surface area contributed by atoms with E-state index in [0.29, 0.717) is 47.3 Å². The molecule has 2 aromatic carbocycles. The number of benzene rings is 2. The molecule has 12 nitrogen and oxygen atoms in total. The fourth-order valence-electron chi connectivity index (χ4n) is 4.62. The fraction of sp³-hybridized carbons (Fsp3) is 0.286. The number of H-pyrrole nitrogens is 1. The molecule has 42 heavy (non-hydrogen) atoms. The van der Waals surface area contributed by atoms with Crippen molar-refractivity contribution in [3.05, 3.63) is 104 Å². The quantitative estimate of drug-likeness (QED) is 0.190. The summed E-state index contributed by atoms with van der Waals surface area (Å²) in [5, 5.41) is 3.76. The van der Waals surface area contributed by atoms with Gasteiger partial charge in [0.1, 0.15) is 22.1 Å². The number of hydrogen-bond acceptors (Lipinski definition) is 7. The Hall–Kier alpha value is -4.56. The minimum atomic E-state index is -4.10. The van der Waals surface area contributed by atoms with E-state index in [1.807, 2.05) is 24.3 Å². The van der Waals surface area contributed by atoms with Crippen LogP contribution in [0.1, 0.15) is 35.5 Å². The number of aromatic amines is 1. The smallest absolute Gasteiger partial charge is 0.333 e. The number of anilines is 1. The zero-order valence-electron chi connectivity index (χ0n) is 23.0. The van der Waals surface area contributed by atoms with Crippen LogP contribution in [0.3, 0.4) is 0 Å². The van der Waals surface area contributed by atoms with Gasteiger partial charge in [0.2, 0.25) is 0 Å². The molecule has 0 bridgehead atoms. The molecule has 1 saturated carbocycles. The van der Waals surface area contributed by atoms with E-state index in [0.717, 1.165) is 23.0 Å². The predicted molar refractivity (Wildman–Crippen MR) is 154 cm³/mol. The highest BCUT2D eigenvalue weighted by Gasteiger charge is 2.26. The van der Waals surface area contributed by atoms with Crippen LogP contribution in [0.4, 0.5) is 10.1 Å².